The van der Waals surface area contributed by atoms with Crippen LogP contribution in [0.3, 0.4) is 0 Å². The maximum atomic E-state index is 12.0. The molecule has 0 saturated carbocycles. The smallest absolute Gasteiger partial charge is 0.273 e. The van der Waals surface area contributed by atoms with Crippen LogP contribution in [0.25, 0.3) is 0 Å². The Kier molecular flexibility index (Phi) is 4.55. The van der Waals surface area contributed by atoms with Gasteiger partial charge in [0.1, 0.15) is 0 Å². The van der Waals surface area contributed by atoms with Crippen LogP contribution in [0.1, 0.15) is 16.1 Å². The highest BCUT2D eigenvalue weighted by Gasteiger charge is 2.14. The van der Waals surface area contributed by atoms with Crippen molar-refractivity contribution in [3.8, 4) is 11.5 Å². The number of nitrogens with two attached hydrogens (primary N) is 1. The minimum Gasteiger partial charge on any atom is -0.493 e. The number of hydrogen-bond donors (Lipinski definition) is 2. The summed E-state index contributed by atoms with van der Waals surface area (Å²) in [7, 11) is 3.10. The van der Waals surface area contributed by atoms with Crippen molar-refractivity contribution < 1.29 is 14.3 Å². The van der Waals surface area contributed by atoms with Gasteiger partial charge in [0.15, 0.2) is 23.0 Å². The second-order valence-corrected chi connectivity index (χ2v) is 4.13. The molecule has 21 heavy (non-hydrogen) atoms. The van der Waals surface area contributed by atoms with Crippen molar-refractivity contribution in [1.82, 2.24) is 15.3 Å². The van der Waals surface area contributed by atoms with Gasteiger partial charge >= 0.3 is 0 Å². The molecular formula is C14H16N4O3. The number of aromatic nitrogens is 2. The third-order valence-electron chi connectivity index (χ3n) is 2.87. The monoisotopic (exact) mass is 288 g/mol. The molecule has 1 aromatic heterocycles. The molecule has 1 aromatic carbocycles. The van der Waals surface area contributed by atoms with Gasteiger partial charge in [0.25, 0.3) is 5.91 Å². The van der Waals surface area contributed by atoms with Gasteiger partial charge in [0, 0.05) is 24.5 Å². The SMILES string of the molecule is COc1cccc(CNC(=O)c2nccnc2N)c1OC. The van der Waals surface area contributed by atoms with Crippen LogP contribution in [0.15, 0.2) is 30.6 Å². The van der Waals surface area contributed by atoms with Crippen LogP contribution in [0, 0.1) is 0 Å². The van der Waals surface area contributed by atoms with E-state index in [2.05, 4.69) is 15.3 Å². The maximum Gasteiger partial charge on any atom is 0.273 e. The maximum absolute atomic E-state index is 12.0. The minimum atomic E-state index is -0.398. The quantitative estimate of drug-likeness (QED) is 0.851. The van der Waals surface area contributed by atoms with E-state index in [1.807, 2.05) is 12.1 Å². The standard InChI is InChI=1S/C14H16N4O3/c1-20-10-5-3-4-9(12(10)21-2)8-18-14(19)11-13(15)17-7-6-16-11/h3-7H,8H2,1-2H3,(H2,15,17)(H,18,19). The van der Waals surface area contributed by atoms with Crippen LogP contribution in [0.2, 0.25) is 0 Å². The molecule has 0 fully saturated rings. The molecule has 3 N–H and O–H groups in total. The number of hydrogen-bond acceptors (Lipinski definition) is 6. The van der Waals surface area contributed by atoms with Gasteiger partial charge in [-0.05, 0) is 6.07 Å². The van der Waals surface area contributed by atoms with Gasteiger partial charge < -0.3 is 20.5 Å². The summed E-state index contributed by atoms with van der Waals surface area (Å²) in [5.41, 5.74) is 6.49. The first-order valence-corrected chi connectivity index (χ1v) is 6.22. The molecule has 0 bridgehead atoms. The van der Waals surface area contributed by atoms with Gasteiger partial charge in [0.2, 0.25) is 0 Å². The molecule has 0 radical (unpaired) electrons. The molecule has 0 saturated heterocycles. The Hall–Kier alpha value is -2.83. The van der Waals surface area contributed by atoms with Gasteiger partial charge in [-0.3, -0.25) is 4.79 Å². The molecule has 0 aliphatic heterocycles. The lowest BCUT2D eigenvalue weighted by Crippen LogP contribution is -2.25. The van der Waals surface area contributed by atoms with Crippen LogP contribution in [-0.2, 0) is 6.54 Å². The molecule has 0 spiro atoms. The van der Waals surface area contributed by atoms with Crippen molar-refractivity contribution >= 4 is 11.7 Å². The summed E-state index contributed by atoms with van der Waals surface area (Å²) >= 11 is 0. The zero-order valence-corrected chi connectivity index (χ0v) is 11.8. The number of rotatable bonds is 5. The predicted octanol–water partition coefficient (Wildman–Crippen LogP) is 1.01. The molecule has 0 atom stereocenters. The number of amides is 1. The summed E-state index contributed by atoms with van der Waals surface area (Å²) in [5, 5.41) is 2.73. The van der Waals surface area contributed by atoms with E-state index >= 15 is 0 Å². The third-order valence-corrected chi connectivity index (χ3v) is 2.87. The fourth-order valence-electron chi connectivity index (χ4n) is 1.88. The average Bonchev–Trinajstić information content (AvgIpc) is 2.52. The Bertz CT molecular complexity index is 646. The van der Waals surface area contributed by atoms with Crippen LogP contribution >= 0.6 is 0 Å². The van der Waals surface area contributed by atoms with Crippen LogP contribution < -0.4 is 20.5 Å². The average molecular weight is 288 g/mol. The topological polar surface area (TPSA) is 99.4 Å². The summed E-state index contributed by atoms with van der Waals surface area (Å²) in [6, 6.07) is 5.44. The summed E-state index contributed by atoms with van der Waals surface area (Å²) in [4.78, 5) is 19.8. The highest BCUT2D eigenvalue weighted by atomic mass is 16.5. The van der Waals surface area contributed by atoms with Gasteiger partial charge in [-0.15, -0.1) is 0 Å². The molecule has 7 nitrogen and oxygen atoms in total. The van der Waals surface area contributed by atoms with E-state index in [4.69, 9.17) is 15.2 Å². The van der Waals surface area contributed by atoms with Gasteiger partial charge in [-0.1, -0.05) is 12.1 Å². The third kappa shape index (κ3) is 3.19. The van der Waals surface area contributed by atoms with Crippen molar-refractivity contribution in [1.29, 1.82) is 0 Å². The molecule has 110 valence electrons. The van der Waals surface area contributed by atoms with Crippen molar-refractivity contribution in [2.75, 3.05) is 20.0 Å². The van der Waals surface area contributed by atoms with E-state index in [1.165, 1.54) is 12.4 Å². The van der Waals surface area contributed by atoms with Crippen molar-refractivity contribution in [3.05, 3.63) is 41.9 Å². The first-order valence-electron chi connectivity index (χ1n) is 6.22. The molecule has 7 heteroatoms. The Morgan fingerprint density at radius 3 is 2.67 bits per heavy atom. The lowest BCUT2D eigenvalue weighted by molar-refractivity contribution is 0.0946. The van der Waals surface area contributed by atoms with E-state index in [-0.39, 0.29) is 18.1 Å². The van der Waals surface area contributed by atoms with E-state index < -0.39 is 5.91 Å². The molecule has 0 unspecified atom stereocenters. The summed E-state index contributed by atoms with van der Waals surface area (Å²) in [6.45, 7) is 0.259. The largest absolute Gasteiger partial charge is 0.493 e. The number of anilines is 1. The predicted molar refractivity (Wildman–Crippen MR) is 77.2 cm³/mol. The van der Waals surface area contributed by atoms with E-state index in [0.717, 1.165) is 5.56 Å². The molecule has 2 rings (SSSR count). The number of para-hydroxylation sites is 1. The number of nitrogen functional groups attached to an aromatic ring is 1. The van der Waals surface area contributed by atoms with Crippen LogP contribution in [-0.4, -0.2) is 30.1 Å². The minimum absolute atomic E-state index is 0.0904. The number of benzene rings is 1. The van der Waals surface area contributed by atoms with Crippen molar-refractivity contribution in [2.24, 2.45) is 0 Å². The number of nitrogens with one attached hydrogen (secondary N) is 1. The highest BCUT2D eigenvalue weighted by molar-refractivity contribution is 5.96. The zero-order chi connectivity index (χ0) is 15.2. The number of methoxy groups -OCH3 is 2. The number of carbonyl (C=O) groups is 1. The zero-order valence-electron chi connectivity index (χ0n) is 11.8. The first kappa shape index (κ1) is 14.6. The molecule has 1 heterocycles. The van der Waals surface area contributed by atoms with Gasteiger partial charge in [-0.2, -0.15) is 0 Å². The normalized spacial score (nSPS) is 10.0. The van der Waals surface area contributed by atoms with Gasteiger partial charge in [0.05, 0.1) is 14.2 Å². The van der Waals surface area contributed by atoms with E-state index in [9.17, 15) is 4.79 Å². The van der Waals surface area contributed by atoms with E-state index in [0.29, 0.717) is 11.5 Å². The van der Waals surface area contributed by atoms with Crippen LogP contribution in [0.4, 0.5) is 5.82 Å². The molecule has 0 aliphatic rings. The van der Waals surface area contributed by atoms with Crippen LogP contribution in [0.5, 0.6) is 11.5 Å². The van der Waals surface area contributed by atoms with E-state index in [1.54, 1.807) is 20.3 Å². The molecule has 2 aromatic rings. The molecule has 1 amide bonds. The lowest BCUT2D eigenvalue weighted by Gasteiger charge is -2.13. The fraction of sp³-hybridized carbons (Fsp3) is 0.214. The molecular weight excluding hydrogens is 272 g/mol. The first-order chi connectivity index (χ1) is 10.2. The highest BCUT2D eigenvalue weighted by Crippen LogP contribution is 2.30. The summed E-state index contributed by atoms with van der Waals surface area (Å²) in [6.07, 6.45) is 2.84. The van der Waals surface area contributed by atoms with Crippen molar-refractivity contribution in [2.45, 2.75) is 6.54 Å². The molecule has 0 aliphatic carbocycles. The Morgan fingerprint density at radius 1 is 1.24 bits per heavy atom. The number of ether oxygens (including phenoxy) is 2. The Balaban J connectivity index is 2.14. The van der Waals surface area contributed by atoms with Gasteiger partial charge in [-0.25, -0.2) is 9.97 Å². The second kappa shape index (κ2) is 6.56. The Morgan fingerprint density at radius 2 is 2.00 bits per heavy atom. The Labute approximate surface area is 122 Å². The van der Waals surface area contributed by atoms with Crippen molar-refractivity contribution in [3.63, 3.8) is 0 Å². The number of nitrogens with zero attached hydrogens (tertiary/aromatic N) is 2. The summed E-state index contributed by atoms with van der Waals surface area (Å²) in [5.74, 6) is 0.869. The second-order valence-electron chi connectivity index (χ2n) is 4.13. The fourth-order valence-corrected chi connectivity index (χ4v) is 1.88. The number of carbonyl (C=O) groups excluding carboxylic acids is 1. The lowest BCUT2D eigenvalue weighted by atomic mass is 10.2. The summed E-state index contributed by atoms with van der Waals surface area (Å²) < 4.78 is 10.5.